The van der Waals surface area contributed by atoms with Crippen LogP contribution in [0.25, 0.3) is 0 Å². The fourth-order valence-corrected chi connectivity index (χ4v) is 2.96. The molecule has 1 aliphatic heterocycles. The fraction of sp³-hybridized carbons (Fsp3) is 0.588. The topological polar surface area (TPSA) is 32.3 Å². The first-order valence-corrected chi connectivity index (χ1v) is 7.81. The third-order valence-electron chi connectivity index (χ3n) is 4.28. The average Bonchev–Trinajstić information content (AvgIpc) is 2.47. The maximum atomic E-state index is 13.4. The second-order valence-corrected chi connectivity index (χ2v) is 6.04. The predicted octanol–water partition coefficient (Wildman–Crippen LogP) is 2.98. The SMILES string of the molecule is CCCNC1CCN(C(=O)c2cc(F)ccc2C)CC1C. The van der Waals surface area contributed by atoms with Crippen molar-refractivity contribution in [3.05, 3.63) is 35.1 Å². The van der Waals surface area contributed by atoms with Gasteiger partial charge < -0.3 is 10.2 Å². The van der Waals surface area contributed by atoms with Crippen LogP contribution < -0.4 is 5.32 Å². The van der Waals surface area contributed by atoms with Gasteiger partial charge in [0.1, 0.15) is 5.82 Å². The van der Waals surface area contributed by atoms with Crippen LogP contribution in [-0.2, 0) is 0 Å². The number of carbonyl (C=O) groups is 1. The summed E-state index contributed by atoms with van der Waals surface area (Å²) in [5, 5.41) is 3.54. The van der Waals surface area contributed by atoms with E-state index in [2.05, 4.69) is 19.2 Å². The lowest BCUT2D eigenvalue weighted by Crippen LogP contribution is -2.50. The summed E-state index contributed by atoms with van der Waals surface area (Å²) < 4.78 is 13.4. The van der Waals surface area contributed by atoms with Crippen molar-refractivity contribution in [3.8, 4) is 0 Å². The Labute approximate surface area is 126 Å². The van der Waals surface area contributed by atoms with Gasteiger partial charge in [0.25, 0.3) is 5.91 Å². The molecule has 1 saturated heterocycles. The molecule has 1 heterocycles. The number of piperidine rings is 1. The summed E-state index contributed by atoms with van der Waals surface area (Å²) in [5.74, 6) is 0.0207. The van der Waals surface area contributed by atoms with E-state index in [1.807, 2.05) is 11.8 Å². The lowest BCUT2D eigenvalue weighted by Gasteiger charge is -2.37. The van der Waals surface area contributed by atoms with Crippen molar-refractivity contribution in [3.63, 3.8) is 0 Å². The first-order valence-electron chi connectivity index (χ1n) is 7.81. The summed E-state index contributed by atoms with van der Waals surface area (Å²) >= 11 is 0. The molecule has 1 N–H and O–H groups in total. The second kappa shape index (κ2) is 7.03. The molecule has 0 aliphatic carbocycles. The van der Waals surface area contributed by atoms with Gasteiger partial charge in [0.15, 0.2) is 0 Å². The highest BCUT2D eigenvalue weighted by Gasteiger charge is 2.29. The third-order valence-corrected chi connectivity index (χ3v) is 4.28. The number of hydrogen-bond donors (Lipinski definition) is 1. The Morgan fingerprint density at radius 2 is 2.24 bits per heavy atom. The van der Waals surface area contributed by atoms with E-state index in [1.165, 1.54) is 12.1 Å². The highest BCUT2D eigenvalue weighted by Crippen LogP contribution is 2.20. The van der Waals surface area contributed by atoms with E-state index in [0.717, 1.165) is 38.0 Å². The smallest absolute Gasteiger partial charge is 0.254 e. The molecule has 0 radical (unpaired) electrons. The molecule has 2 rings (SSSR count). The van der Waals surface area contributed by atoms with Crippen molar-refractivity contribution in [1.82, 2.24) is 10.2 Å². The molecule has 0 spiro atoms. The van der Waals surface area contributed by atoms with Crippen LogP contribution in [0.3, 0.4) is 0 Å². The monoisotopic (exact) mass is 292 g/mol. The van der Waals surface area contributed by atoms with Crippen molar-refractivity contribution in [2.45, 2.75) is 39.7 Å². The number of rotatable bonds is 4. The number of benzene rings is 1. The second-order valence-electron chi connectivity index (χ2n) is 6.04. The molecule has 0 bridgehead atoms. The first-order chi connectivity index (χ1) is 10.0. The van der Waals surface area contributed by atoms with E-state index in [1.54, 1.807) is 6.07 Å². The standard InChI is InChI=1S/C17H25FN2O/c1-4-8-19-16-7-9-20(11-13(16)3)17(21)15-10-14(18)6-5-12(15)2/h5-6,10,13,16,19H,4,7-9,11H2,1-3H3. The van der Waals surface area contributed by atoms with Gasteiger partial charge in [-0.2, -0.15) is 0 Å². The molecular weight excluding hydrogens is 267 g/mol. The Hall–Kier alpha value is -1.42. The van der Waals surface area contributed by atoms with Crippen LogP contribution in [0, 0.1) is 18.7 Å². The molecule has 21 heavy (non-hydrogen) atoms. The predicted molar refractivity (Wildman–Crippen MR) is 82.9 cm³/mol. The first kappa shape index (κ1) is 16.0. The molecule has 2 unspecified atom stereocenters. The number of amides is 1. The molecule has 1 fully saturated rings. The third kappa shape index (κ3) is 3.82. The average molecular weight is 292 g/mol. The Bertz CT molecular complexity index is 504. The number of nitrogens with one attached hydrogen (secondary N) is 1. The summed E-state index contributed by atoms with van der Waals surface area (Å²) in [4.78, 5) is 14.4. The molecule has 1 aromatic carbocycles. The van der Waals surface area contributed by atoms with Crippen molar-refractivity contribution in [1.29, 1.82) is 0 Å². The van der Waals surface area contributed by atoms with Crippen LogP contribution in [-0.4, -0.2) is 36.5 Å². The van der Waals surface area contributed by atoms with Crippen LogP contribution in [0.1, 0.15) is 42.6 Å². The lowest BCUT2D eigenvalue weighted by molar-refractivity contribution is 0.0644. The van der Waals surface area contributed by atoms with Crippen molar-refractivity contribution in [2.24, 2.45) is 5.92 Å². The van der Waals surface area contributed by atoms with Crippen LogP contribution in [0.15, 0.2) is 18.2 Å². The molecular formula is C17H25FN2O. The van der Waals surface area contributed by atoms with Gasteiger partial charge in [-0.05, 0) is 49.9 Å². The van der Waals surface area contributed by atoms with Gasteiger partial charge in [-0.25, -0.2) is 4.39 Å². The minimum absolute atomic E-state index is 0.0483. The van der Waals surface area contributed by atoms with E-state index in [9.17, 15) is 9.18 Å². The number of halogens is 1. The minimum atomic E-state index is -0.350. The molecule has 2 atom stereocenters. The van der Waals surface area contributed by atoms with Crippen molar-refractivity contribution in [2.75, 3.05) is 19.6 Å². The number of nitrogens with zero attached hydrogens (tertiary/aromatic N) is 1. The van der Waals surface area contributed by atoms with Gasteiger partial charge in [0.05, 0.1) is 0 Å². The molecule has 1 amide bonds. The maximum Gasteiger partial charge on any atom is 0.254 e. The van der Waals surface area contributed by atoms with Gasteiger partial charge in [0, 0.05) is 24.7 Å². The summed E-state index contributed by atoms with van der Waals surface area (Å²) in [6, 6.07) is 4.89. The zero-order chi connectivity index (χ0) is 15.4. The van der Waals surface area contributed by atoms with E-state index in [-0.39, 0.29) is 11.7 Å². The highest BCUT2D eigenvalue weighted by molar-refractivity contribution is 5.95. The van der Waals surface area contributed by atoms with Crippen LogP contribution >= 0.6 is 0 Å². The van der Waals surface area contributed by atoms with Crippen LogP contribution in [0.5, 0.6) is 0 Å². The highest BCUT2D eigenvalue weighted by atomic mass is 19.1. The fourth-order valence-electron chi connectivity index (χ4n) is 2.96. The van der Waals surface area contributed by atoms with Crippen molar-refractivity contribution >= 4 is 5.91 Å². The number of hydrogen-bond acceptors (Lipinski definition) is 2. The summed E-state index contributed by atoms with van der Waals surface area (Å²) in [7, 11) is 0. The number of likely N-dealkylation sites (tertiary alicyclic amines) is 1. The molecule has 116 valence electrons. The van der Waals surface area contributed by atoms with Crippen LogP contribution in [0.2, 0.25) is 0 Å². The largest absolute Gasteiger partial charge is 0.338 e. The van der Waals surface area contributed by atoms with Gasteiger partial charge in [-0.15, -0.1) is 0 Å². The van der Waals surface area contributed by atoms with Gasteiger partial charge in [-0.3, -0.25) is 4.79 Å². The van der Waals surface area contributed by atoms with Gasteiger partial charge in [0.2, 0.25) is 0 Å². The quantitative estimate of drug-likeness (QED) is 0.925. The minimum Gasteiger partial charge on any atom is -0.338 e. The van der Waals surface area contributed by atoms with Crippen molar-refractivity contribution < 1.29 is 9.18 Å². The van der Waals surface area contributed by atoms with Gasteiger partial charge in [-0.1, -0.05) is 19.9 Å². The molecule has 0 saturated carbocycles. The van der Waals surface area contributed by atoms with E-state index in [4.69, 9.17) is 0 Å². The molecule has 3 nitrogen and oxygen atoms in total. The summed E-state index contributed by atoms with van der Waals surface area (Å²) in [5.41, 5.74) is 1.32. The summed E-state index contributed by atoms with van der Waals surface area (Å²) in [6.45, 7) is 8.67. The maximum absolute atomic E-state index is 13.4. The Morgan fingerprint density at radius 3 is 2.90 bits per heavy atom. The van der Waals surface area contributed by atoms with E-state index >= 15 is 0 Å². The lowest BCUT2D eigenvalue weighted by atomic mass is 9.93. The number of aryl methyl sites for hydroxylation is 1. The normalized spacial score (nSPS) is 22.4. The summed E-state index contributed by atoms with van der Waals surface area (Å²) in [6.07, 6.45) is 2.08. The number of carbonyl (C=O) groups excluding carboxylic acids is 1. The van der Waals surface area contributed by atoms with Crippen LogP contribution in [0.4, 0.5) is 4.39 Å². The molecule has 1 aliphatic rings. The molecule has 1 aromatic rings. The van der Waals surface area contributed by atoms with Gasteiger partial charge >= 0.3 is 0 Å². The van der Waals surface area contributed by atoms with E-state index in [0.29, 0.717) is 17.5 Å². The van der Waals surface area contributed by atoms with E-state index < -0.39 is 0 Å². The zero-order valence-corrected chi connectivity index (χ0v) is 13.2. The Kier molecular flexibility index (Phi) is 5.34. The molecule has 4 heteroatoms. The Balaban J connectivity index is 2.03. The molecule has 0 aromatic heterocycles. The zero-order valence-electron chi connectivity index (χ0n) is 13.2. The Morgan fingerprint density at radius 1 is 1.48 bits per heavy atom.